The number of rotatable bonds is 11. The van der Waals surface area contributed by atoms with E-state index in [-0.39, 0.29) is 35.9 Å². The summed E-state index contributed by atoms with van der Waals surface area (Å²) in [6, 6.07) is 13.7. The quantitative estimate of drug-likeness (QED) is 0.335. The highest BCUT2D eigenvalue weighted by molar-refractivity contribution is 6.31. The van der Waals surface area contributed by atoms with Crippen LogP contribution in [0.4, 0.5) is 15.0 Å². The number of carbonyl (C=O) groups excluding carboxylic acids is 3. The van der Waals surface area contributed by atoms with Gasteiger partial charge in [-0.2, -0.15) is 0 Å². The minimum Gasteiger partial charge on any atom is -0.447 e. The number of amides is 3. The molecule has 1 fully saturated rings. The van der Waals surface area contributed by atoms with Crippen molar-refractivity contribution >= 4 is 46.1 Å². The Morgan fingerprint density at radius 3 is 2.57 bits per heavy atom. The fourth-order valence-electron chi connectivity index (χ4n) is 5.05. The van der Waals surface area contributed by atoms with Gasteiger partial charge in [-0.3, -0.25) is 19.8 Å². The van der Waals surface area contributed by atoms with Crippen molar-refractivity contribution in [3.05, 3.63) is 71.1 Å². The lowest BCUT2D eigenvalue weighted by Crippen LogP contribution is -2.48. The SMILES string of the molecule is CC(=O)N1CCN(CCC[C@@H](COC(=O)Nc2cc3ccccc3cn2)N(C)C(=O)CCc2cccc(F)c2Cl)CC1. The molecule has 11 heteroatoms. The fraction of sp³-hybridized carbons (Fsp3) is 0.419. The minimum atomic E-state index is -0.657. The number of ether oxygens (including phenoxy) is 1. The molecule has 0 bridgehead atoms. The number of nitrogens with zero attached hydrogens (tertiary/aromatic N) is 4. The maximum Gasteiger partial charge on any atom is 0.412 e. The lowest BCUT2D eigenvalue weighted by atomic mass is 10.1. The van der Waals surface area contributed by atoms with E-state index in [4.69, 9.17) is 16.3 Å². The molecule has 3 aromatic rings. The van der Waals surface area contributed by atoms with Crippen molar-refractivity contribution < 1.29 is 23.5 Å². The molecule has 1 aliphatic heterocycles. The van der Waals surface area contributed by atoms with E-state index in [1.807, 2.05) is 29.2 Å². The van der Waals surface area contributed by atoms with Crippen LogP contribution in [-0.2, 0) is 20.7 Å². The van der Waals surface area contributed by atoms with Crippen molar-refractivity contribution in [1.82, 2.24) is 19.7 Å². The highest BCUT2D eigenvalue weighted by atomic mass is 35.5. The number of aryl methyl sites for hydroxylation is 1. The molecule has 1 aliphatic rings. The van der Waals surface area contributed by atoms with Crippen LogP contribution in [0, 0.1) is 5.82 Å². The number of hydrogen-bond donors (Lipinski definition) is 1. The lowest BCUT2D eigenvalue weighted by molar-refractivity contribution is -0.133. The van der Waals surface area contributed by atoms with E-state index in [1.54, 1.807) is 43.3 Å². The first kappa shape index (κ1) is 31.2. The number of benzene rings is 2. The summed E-state index contributed by atoms with van der Waals surface area (Å²) >= 11 is 6.07. The third-order valence-electron chi connectivity index (χ3n) is 7.68. The maximum absolute atomic E-state index is 13.8. The van der Waals surface area contributed by atoms with Crippen LogP contribution in [0.25, 0.3) is 10.8 Å². The molecule has 42 heavy (non-hydrogen) atoms. The van der Waals surface area contributed by atoms with Crippen LogP contribution < -0.4 is 5.32 Å². The Hall–Kier alpha value is -3.76. The second-order valence-corrected chi connectivity index (χ2v) is 10.9. The molecule has 0 spiro atoms. The standard InChI is InChI=1S/C31H37ClFN5O4/c1-22(39)38-17-15-37(16-18-38)14-6-10-26(36(2)29(40)13-12-23-9-5-11-27(33)30(23)32)21-42-31(41)35-28-19-24-7-3-4-8-25(24)20-34-28/h3-5,7-9,11,19-20,26H,6,10,12-18,21H2,1-2H3,(H,34,35,41)/t26-/m0/s1. The predicted octanol–water partition coefficient (Wildman–Crippen LogP) is 4.98. The van der Waals surface area contributed by atoms with E-state index < -0.39 is 11.9 Å². The van der Waals surface area contributed by atoms with Gasteiger partial charge >= 0.3 is 6.09 Å². The number of pyridine rings is 1. The predicted molar refractivity (Wildman–Crippen MR) is 161 cm³/mol. The number of carbonyl (C=O) groups is 3. The number of piperazine rings is 1. The highest BCUT2D eigenvalue weighted by Gasteiger charge is 2.24. The highest BCUT2D eigenvalue weighted by Crippen LogP contribution is 2.22. The third kappa shape index (κ3) is 8.62. The summed E-state index contributed by atoms with van der Waals surface area (Å²) in [5, 5.41) is 4.59. The molecule has 0 radical (unpaired) electrons. The van der Waals surface area contributed by atoms with Gasteiger partial charge in [0.2, 0.25) is 11.8 Å². The lowest BCUT2D eigenvalue weighted by Gasteiger charge is -2.35. The second kappa shape index (κ2) is 14.9. The first-order valence-corrected chi connectivity index (χ1v) is 14.5. The Bertz CT molecular complexity index is 1400. The summed E-state index contributed by atoms with van der Waals surface area (Å²) in [6.07, 6.45) is 2.84. The molecule has 0 saturated carbocycles. The van der Waals surface area contributed by atoms with Crippen LogP contribution in [-0.4, -0.2) is 90.0 Å². The first-order valence-electron chi connectivity index (χ1n) is 14.2. The Labute approximate surface area is 250 Å². The molecule has 1 aromatic heterocycles. The Morgan fingerprint density at radius 2 is 1.83 bits per heavy atom. The van der Waals surface area contributed by atoms with E-state index in [0.29, 0.717) is 37.3 Å². The smallest absolute Gasteiger partial charge is 0.412 e. The zero-order valence-electron chi connectivity index (χ0n) is 24.0. The number of likely N-dealkylation sites (N-methyl/N-ethyl adjacent to an activating group) is 1. The van der Waals surface area contributed by atoms with E-state index in [0.717, 1.165) is 36.8 Å². The van der Waals surface area contributed by atoms with Crippen LogP contribution in [0.5, 0.6) is 0 Å². The molecular formula is C31H37ClFN5O4. The summed E-state index contributed by atoms with van der Waals surface area (Å²) in [5.41, 5.74) is 0.568. The molecule has 3 amide bonds. The van der Waals surface area contributed by atoms with Crippen molar-refractivity contribution in [2.45, 2.75) is 38.6 Å². The van der Waals surface area contributed by atoms with Crippen molar-refractivity contribution in [3.8, 4) is 0 Å². The van der Waals surface area contributed by atoms with Gasteiger partial charge in [0.25, 0.3) is 0 Å². The van der Waals surface area contributed by atoms with Gasteiger partial charge in [0.15, 0.2) is 0 Å². The first-order chi connectivity index (χ1) is 20.2. The van der Waals surface area contributed by atoms with Crippen LogP contribution in [0.15, 0.2) is 54.7 Å². The molecule has 0 aliphatic carbocycles. The van der Waals surface area contributed by atoms with E-state index in [2.05, 4.69) is 15.2 Å². The molecule has 9 nitrogen and oxygen atoms in total. The Balaban J connectivity index is 1.34. The van der Waals surface area contributed by atoms with Gasteiger partial charge < -0.3 is 14.5 Å². The van der Waals surface area contributed by atoms with Gasteiger partial charge in [0.1, 0.15) is 18.2 Å². The molecule has 4 rings (SSSR count). The maximum atomic E-state index is 13.8. The topological polar surface area (TPSA) is 95.1 Å². The van der Waals surface area contributed by atoms with E-state index in [1.165, 1.54) is 6.07 Å². The number of nitrogens with one attached hydrogen (secondary N) is 1. The zero-order valence-corrected chi connectivity index (χ0v) is 24.8. The molecule has 224 valence electrons. The van der Waals surface area contributed by atoms with Gasteiger partial charge in [-0.05, 0) is 48.9 Å². The number of anilines is 1. The van der Waals surface area contributed by atoms with Gasteiger partial charge in [-0.25, -0.2) is 14.2 Å². The average molecular weight is 598 g/mol. The van der Waals surface area contributed by atoms with Gasteiger partial charge in [-0.1, -0.05) is 48.0 Å². The average Bonchev–Trinajstić information content (AvgIpc) is 2.99. The molecular weight excluding hydrogens is 561 g/mol. The van der Waals surface area contributed by atoms with Gasteiger partial charge in [-0.15, -0.1) is 0 Å². The molecule has 2 aromatic carbocycles. The van der Waals surface area contributed by atoms with Crippen molar-refractivity contribution in [2.75, 3.05) is 51.7 Å². The molecule has 1 saturated heterocycles. The van der Waals surface area contributed by atoms with Crippen LogP contribution >= 0.6 is 11.6 Å². The number of aromatic nitrogens is 1. The van der Waals surface area contributed by atoms with Crippen LogP contribution in [0.2, 0.25) is 5.02 Å². The summed E-state index contributed by atoms with van der Waals surface area (Å²) in [4.78, 5) is 47.5. The second-order valence-electron chi connectivity index (χ2n) is 10.5. The van der Waals surface area contributed by atoms with Gasteiger partial charge in [0, 0.05) is 58.2 Å². The van der Waals surface area contributed by atoms with Crippen molar-refractivity contribution in [3.63, 3.8) is 0 Å². The normalized spacial score (nSPS) is 14.4. The fourth-order valence-corrected chi connectivity index (χ4v) is 5.27. The molecule has 2 heterocycles. The monoisotopic (exact) mass is 597 g/mol. The minimum absolute atomic E-state index is 0.000486. The molecule has 1 atom stereocenters. The summed E-state index contributed by atoms with van der Waals surface area (Å²) in [5.74, 6) is -0.215. The van der Waals surface area contributed by atoms with Crippen molar-refractivity contribution in [2.24, 2.45) is 0 Å². The third-order valence-corrected chi connectivity index (χ3v) is 8.10. The zero-order chi connectivity index (χ0) is 30.1. The largest absolute Gasteiger partial charge is 0.447 e. The van der Waals surface area contributed by atoms with E-state index in [9.17, 15) is 18.8 Å². The van der Waals surface area contributed by atoms with Crippen molar-refractivity contribution in [1.29, 1.82) is 0 Å². The molecule has 0 unspecified atom stereocenters. The Kier molecular flexibility index (Phi) is 11.1. The van der Waals surface area contributed by atoms with Gasteiger partial charge in [0.05, 0.1) is 11.1 Å². The number of hydrogen-bond acceptors (Lipinski definition) is 6. The number of halogens is 2. The summed E-state index contributed by atoms with van der Waals surface area (Å²) in [6.45, 7) is 5.38. The summed E-state index contributed by atoms with van der Waals surface area (Å²) < 4.78 is 19.4. The van der Waals surface area contributed by atoms with E-state index >= 15 is 0 Å². The number of fused-ring (bicyclic) bond motifs is 1. The van der Waals surface area contributed by atoms with Crippen LogP contribution in [0.3, 0.4) is 0 Å². The van der Waals surface area contributed by atoms with Crippen LogP contribution in [0.1, 0.15) is 31.7 Å². The Morgan fingerprint density at radius 1 is 1.10 bits per heavy atom. The summed E-state index contributed by atoms with van der Waals surface area (Å²) in [7, 11) is 1.69. The molecule has 1 N–H and O–H groups in total.